The average Bonchev–Trinajstić information content (AvgIpc) is 2.45. The number of fused-ring (bicyclic) bond motifs is 3. The lowest BCUT2D eigenvalue weighted by atomic mass is 10.0. The zero-order chi connectivity index (χ0) is 13.4. The number of rotatable bonds is 2. The summed E-state index contributed by atoms with van der Waals surface area (Å²) in [5.41, 5.74) is 0.0809. The van der Waals surface area contributed by atoms with Gasteiger partial charge in [-0.3, -0.25) is 4.79 Å². The van der Waals surface area contributed by atoms with Crippen LogP contribution >= 0.6 is 0 Å². The minimum Gasteiger partial charge on any atom is -0.422 e. The van der Waals surface area contributed by atoms with Crippen LogP contribution in [-0.4, -0.2) is 5.78 Å². The van der Waals surface area contributed by atoms with Crippen molar-refractivity contribution in [3.05, 3.63) is 58.4 Å². The number of hydrogen-bond donors (Lipinski definition) is 0. The van der Waals surface area contributed by atoms with Gasteiger partial charge in [0.1, 0.15) is 11.1 Å². The van der Waals surface area contributed by atoms with Crippen molar-refractivity contribution in [3.63, 3.8) is 0 Å². The zero-order valence-corrected chi connectivity index (χ0v) is 10.5. The second-order valence-electron chi connectivity index (χ2n) is 4.42. The number of carbonyl (C=O) groups excluding carboxylic acids is 1. The molecule has 0 saturated carbocycles. The average molecular weight is 252 g/mol. The first-order valence-corrected chi connectivity index (χ1v) is 6.19. The van der Waals surface area contributed by atoms with Crippen LogP contribution in [0.5, 0.6) is 0 Å². The highest BCUT2D eigenvalue weighted by molar-refractivity contribution is 6.08. The van der Waals surface area contributed by atoms with Crippen molar-refractivity contribution in [2.75, 3.05) is 0 Å². The summed E-state index contributed by atoms with van der Waals surface area (Å²) in [4.78, 5) is 23.5. The van der Waals surface area contributed by atoms with Crippen molar-refractivity contribution in [1.82, 2.24) is 0 Å². The van der Waals surface area contributed by atoms with Crippen molar-refractivity contribution in [3.8, 4) is 0 Å². The minimum atomic E-state index is -0.561. The fourth-order valence-corrected chi connectivity index (χ4v) is 2.26. The van der Waals surface area contributed by atoms with Crippen LogP contribution in [0.4, 0.5) is 0 Å². The number of Topliss-reactive ketones (excluding diaryl/α,β-unsaturated/α-hetero) is 1. The third-order valence-corrected chi connectivity index (χ3v) is 3.26. The summed E-state index contributed by atoms with van der Waals surface area (Å²) in [5, 5.41) is 2.84. The molecule has 3 nitrogen and oxygen atoms in total. The summed E-state index contributed by atoms with van der Waals surface area (Å²) in [6.45, 7) is 1.73. The van der Waals surface area contributed by atoms with E-state index in [4.69, 9.17) is 4.42 Å². The lowest BCUT2D eigenvalue weighted by Gasteiger charge is -2.04. The first-order chi connectivity index (χ1) is 9.20. The summed E-state index contributed by atoms with van der Waals surface area (Å²) in [6.07, 6.45) is 0.293. The van der Waals surface area contributed by atoms with Crippen LogP contribution < -0.4 is 5.63 Å². The van der Waals surface area contributed by atoms with Gasteiger partial charge in [-0.2, -0.15) is 0 Å². The van der Waals surface area contributed by atoms with E-state index in [2.05, 4.69) is 0 Å². The van der Waals surface area contributed by atoms with Crippen LogP contribution in [0.1, 0.15) is 23.7 Å². The molecule has 0 amide bonds. The van der Waals surface area contributed by atoms with Gasteiger partial charge in [-0.1, -0.05) is 37.3 Å². The zero-order valence-electron chi connectivity index (χ0n) is 10.5. The number of hydrogen-bond acceptors (Lipinski definition) is 3. The lowest BCUT2D eigenvalue weighted by molar-refractivity contribution is 0.0985. The molecule has 1 heterocycles. The summed E-state index contributed by atoms with van der Waals surface area (Å²) < 4.78 is 5.25. The molecule has 2 aromatic carbocycles. The first-order valence-electron chi connectivity index (χ1n) is 6.19. The summed E-state index contributed by atoms with van der Waals surface area (Å²) >= 11 is 0. The Balaban J connectivity index is 2.45. The SMILES string of the molecule is CCC(=O)c1cc2c(ccc3ccccc32)oc1=O. The van der Waals surface area contributed by atoms with Gasteiger partial charge in [0.2, 0.25) is 0 Å². The molecule has 0 radical (unpaired) electrons. The molecule has 0 N–H and O–H groups in total. The molecule has 0 saturated heterocycles. The Morgan fingerprint density at radius 2 is 1.89 bits per heavy atom. The summed E-state index contributed by atoms with van der Waals surface area (Å²) in [5.74, 6) is -0.191. The molecule has 3 heteroatoms. The fraction of sp³-hybridized carbons (Fsp3) is 0.125. The van der Waals surface area contributed by atoms with Crippen LogP contribution in [0.2, 0.25) is 0 Å². The van der Waals surface area contributed by atoms with Crippen molar-refractivity contribution >= 4 is 27.5 Å². The van der Waals surface area contributed by atoms with Gasteiger partial charge in [-0.15, -0.1) is 0 Å². The first kappa shape index (κ1) is 11.7. The summed E-state index contributed by atoms with van der Waals surface area (Å²) in [7, 11) is 0. The molecule has 1 aromatic heterocycles. The molecule has 0 unspecified atom stereocenters. The monoisotopic (exact) mass is 252 g/mol. The van der Waals surface area contributed by atoms with Gasteiger partial charge in [0, 0.05) is 11.8 Å². The smallest absolute Gasteiger partial charge is 0.347 e. The molecule has 3 aromatic rings. The maximum absolute atomic E-state index is 11.8. The molecule has 0 atom stereocenters. The molecule has 19 heavy (non-hydrogen) atoms. The van der Waals surface area contributed by atoms with Crippen LogP contribution in [0, 0.1) is 0 Å². The van der Waals surface area contributed by atoms with Crippen molar-refractivity contribution in [2.24, 2.45) is 0 Å². The topological polar surface area (TPSA) is 47.3 Å². The molecular weight excluding hydrogens is 240 g/mol. The Morgan fingerprint density at radius 3 is 2.68 bits per heavy atom. The fourth-order valence-electron chi connectivity index (χ4n) is 2.26. The molecule has 0 aliphatic heterocycles. The van der Waals surface area contributed by atoms with E-state index in [1.54, 1.807) is 19.1 Å². The van der Waals surface area contributed by atoms with Gasteiger partial charge in [0.05, 0.1) is 0 Å². The predicted molar refractivity (Wildman–Crippen MR) is 74.6 cm³/mol. The van der Waals surface area contributed by atoms with E-state index in [0.29, 0.717) is 12.0 Å². The number of benzene rings is 2. The highest BCUT2D eigenvalue weighted by atomic mass is 16.4. The van der Waals surface area contributed by atoms with Crippen molar-refractivity contribution < 1.29 is 9.21 Å². The maximum atomic E-state index is 11.8. The largest absolute Gasteiger partial charge is 0.422 e. The quantitative estimate of drug-likeness (QED) is 0.398. The van der Waals surface area contributed by atoms with Gasteiger partial charge in [-0.25, -0.2) is 4.79 Å². The third-order valence-electron chi connectivity index (χ3n) is 3.26. The van der Waals surface area contributed by atoms with Gasteiger partial charge in [0.15, 0.2) is 5.78 Å². The highest BCUT2D eigenvalue weighted by Crippen LogP contribution is 2.25. The Bertz CT molecular complexity index is 843. The van der Waals surface area contributed by atoms with E-state index >= 15 is 0 Å². The molecule has 0 aliphatic rings. The Labute approximate surface area is 109 Å². The predicted octanol–water partition coefficient (Wildman–Crippen LogP) is 3.54. The minimum absolute atomic E-state index is 0.131. The second kappa shape index (κ2) is 4.35. The van der Waals surface area contributed by atoms with E-state index in [-0.39, 0.29) is 11.3 Å². The second-order valence-corrected chi connectivity index (χ2v) is 4.42. The van der Waals surface area contributed by atoms with E-state index in [9.17, 15) is 9.59 Å². The van der Waals surface area contributed by atoms with Crippen molar-refractivity contribution in [2.45, 2.75) is 13.3 Å². The van der Waals surface area contributed by atoms with E-state index in [1.807, 2.05) is 30.3 Å². The van der Waals surface area contributed by atoms with Crippen LogP contribution in [-0.2, 0) is 0 Å². The lowest BCUT2D eigenvalue weighted by Crippen LogP contribution is -2.12. The number of carbonyl (C=O) groups is 1. The van der Waals surface area contributed by atoms with Crippen LogP contribution in [0.3, 0.4) is 0 Å². The van der Waals surface area contributed by atoms with E-state index in [0.717, 1.165) is 16.2 Å². The molecule has 0 aliphatic carbocycles. The van der Waals surface area contributed by atoms with Gasteiger partial charge < -0.3 is 4.42 Å². The van der Waals surface area contributed by atoms with Gasteiger partial charge in [-0.05, 0) is 22.9 Å². The molecule has 0 bridgehead atoms. The summed E-state index contributed by atoms with van der Waals surface area (Å²) in [6, 6.07) is 13.1. The van der Waals surface area contributed by atoms with Gasteiger partial charge in [0.25, 0.3) is 0 Å². The van der Waals surface area contributed by atoms with Crippen LogP contribution in [0.25, 0.3) is 21.7 Å². The molecule has 94 valence electrons. The Hall–Kier alpha value is -2.42. The van der Waals surface area contributed by atoms with Crippen molar-refractivity contribution in [1.29, 1.82) is 0 Å². The molecule has 0 fully saturated rings. The Morgan fingerprint density at radius 1 is 1.11 bits per heavy atom. The number of ketones is 1. The van der Waals surface area contributed by atoms with Crippen LogP contribution in [0.15, 0.2) is 51.7 Å². The van der Waals surface area contributed by atoms with E-state index < -0.39 is 5.63 Å². The molecule has 3 rings (SSSR count). The highest BCUT2D eigenvalue weighted by Gasteiger charge is 2.13. The molecule has 0 spiro atoms. The Kier molecular flexibility index (Phi) is 2.67. The van der Waals surface area contributed by atoms with Gasteiger partial charge >= 0.3 is 5.63 Å². The normalized spacial score (nSPS) is 11.0. The van der Waals surface area contributed by atoms with E-state index in [1.165, 1.54) is 0 Å². The molecular formula is C16H12O3. The maximum Gasteiger partial charge on any atom is 0.347 e. The third kappa shape index (κ3) is 1.83. The standard InChI is InChI=1S/C16H12O3/c1-2-14(17)13-9-12-11-6-4-3-5-10(11)7-8-15(12)19-16(13)18/h3-9H,2H2,1H3.